The Hall–Kier alpha value is -2.70. The highest BCUT2D eigenvalue weighted by atomic mass is 32.2. The predicted molar refractivity (Wildman–Crippen MR) is 129 cm³/mol. The van der Waals surface area contributed by atoms with Gasteiger partial charge in [-0.2, -0.15) is 0 Å². The van der Waals surface area contributed by atoms with E-state index in [0.29, 0.717) is 12.0 Å². The number of anilines is 2. The summed E-state index contributed by atoms with van der Waals surface area (Å²) < 4.78 is 86.0. The smallest absolute Gasteiger partial charge is 0.268 e. The standard InChI is InChI=1S/C24H24F4N4O2S2/c25-19-4-5-20(26)18(11-32-10-14-2-1-3-16(32)6-14)17(19)9-29-15-7-21(27)24(22(28)8-15)36(33,34)31-23-12-35-13-30-23/h4-5,7-8,12-14,16,29,31H,1-3,6,9-11H2. The first-order valence-corrected chi connectivity index (χ1v) is 14.0. The van der Waals surface area contributed by atoms with Crippen LogP contribution in [0.3, 0.4) is 0 Å². The number of benzene rings is 2. The molecule has 36 heavy (non-hydrogen) atoms. The molecule has 2 atom stereocenters. The molecular formula is C24H24F4N4O2S2. The topological polar surface area (TPSA) is 74.3 Å². The Kier molecular flexibility index (Phi) is 6.92. The molecule has 0 radical (unpaired) electrons. The van der Waals surface area contributed by atoms with Crippen LogP contribution >= 0.6 is 11.3 Å². The predicted octanol–water partition coefficient (Wildman–Crippen LogP) is 5.49. The van der Waals surface area contributed by atoms with Gasteiger partial charge in [-0.3, -0.25) is 9.62 Å². The van der Waals surface area contributed by atoms with Crippen LogP contribution in [0.25, 0.3) is 0 Å². The van der Waals surface area contributed by atoms with Crippen molar-refractivity contribution in [2.45, 2.75) is 49.7 Å². The first-order valence-electron chi connectivity index (χ1n) is 11.5. The molecule has 3 aromatic rings. The van der Waals surface area contributed by atoms with Crippen molar-refractivity contribution in [1.29, 1.82) is 0 Å². The number of sulfonamides is 1. The lowest BCUT2D eigenvalue weighted by Gasteiger charge is -2.26. The lowest BCUT2D eigenvalue weighted by Crippen LogP contribution is -2.29. The zero-order valence-corrected chi connectivity index (χ0v) is 20.7. The van der Waals surface area contributed by atoms with Crippen LogP contribution in [-0.2, 0) is 23.1 Å². The summed E-state index contributed by atoms with van der Waals surface area (Å²) in [5, 5.41) is 4.09. The molecule has 192 valence electrons. The highest BCUT2D eigenvalue weighted by Gasteiger charge is 2.35. The molecule has 5 rings (SSSR count). The fourth-order valence-electron chi connectivity index (χ4n) is 5.20. The molecule has 1 aliphatic heterocycles. The van der Waals surface area contributed by atoms with E-state index in [-0.39, 0.29) is 35.7 Å². The van der Waals surface area contributed by atoms with Gasteiger partial charge in [-0.1, -0.05) is 6.42 Å². The van der Waals surface area contributed by atoms with E-state index in [1.165, 1.54) is 10.9 Å². The molecule has 2 aliphatic rings. The summed E-state index contributed by atoms with van der Waals surface area (Å²) in [7, 11) is -4.57. The Morgan fingerprint density at radius 3 is 2.42 bits per heavy atom. The van der Waals surface area contributed by atoms with E-state index in [0.717, 1.165) is 67.8 Å². The second-order valence-corrected chi connectivity index (χ2v) is 11.5. The van der Waals surface area contributed by atoms with Crippen LogP contribution in [0.1, 0.15) is 36.8 Å². The van der Waals surface area contributed by atoms with Gasteiger partial charge in [0, 0.05) is 47.9 Å². The third-order valence-electron chi connectivity index (χ3n) is 6.85. The number of nitrogens with zero attached hydrogens (tertiary/aromatic N) is 2. The monoisotopic (exact) mass is 540 g/mol. The van der Waals surface area contributed by atoms with Crippen molar-refractivity contribution in [1.82, 2.24) is 9.88 Å². The minimum atomic E-state index is -4.57. The summed E-state index contributed by atoms with van der Waals surface area (Å²) >= 11 is 1.11. The van der Waals surface area contributed by atoms with Crippen molar-refractivity contribution in [2.75, 3.05) is 16.6 Å². The average molecular weight is 541 g/mol. The minimum absolute atomic E-state index is 0.0583. The van der Waals surface area contributed by atoms with E-state index in [2.05, 4.69) is 15.2 Å². The Morgan fingerprint density at radius 2 is 1.75 bits per heavy atom. The van der Waals surface area contributed by atoms with Crippen molar-refractivity contribution in [2.24, 2.45) is 5.92 Å². The van der Waals surface area contributed by atoms with Gasteiger partial charge in [0.2, 0.25) is 0 Å². The van der Waals surface area contributed by atoms with E-state index in [4.69, 9.17) is 0 Å². The van der Waals surface area contributed by atoms with E-state index in [1.54, 1.807) is 0 Å². The molecule has 2 bridgehead atoms. The minimum Gasteiger partial charge on any atom is -0.381 e. The molecule has 12 heteroatoms. The second kappa shape index (κ2) is 9.98. The maximum Gasteiger partial charge on any atom is 0.268 e. The number of hydrogen-bond acceptors (Lipinski definition) is 6. The van der Waals surface area contributed by atoms with E-state index < -0.39 is 38.2 Å². The largest absolute Gasteiger partial charge is 0.381 e. The third-order valence-corrected chi connectivity index (χ3v) is 8.84. The number of halogens is 4. The van der Waals surface area contributed by atoms with Gasteiger partial charge in [0.15, 0.2) is 10.7 Å². The van der Waals surface area contributed by atoms with Gasteiger partial charge in [0.05, 0.1) is 5.51 Å². The molecule has 1 saturated heterocycles. The van der Waals surface area contributed by atoms with E-state index in [1.807, 2.05) is 4.72 Å². The second-order valence-electron chi connectivity index (χ2n) is 9.20. The number of nitrogens with one attached hydrogen (secondary N) is 2. The van der Waals surface area contributed by atoms with Gasteiger partial charge in [-0.25, -0.2) is 31.0 Å². The van der Waals surface area contributed by atoms with Crippen LogP contribution in [0, 0.1) is 29.2 Å². The van der Waals surface area contributed by atoms with Gasteiger partial charge in [-0.15, -0.1) is 11.3 Å². The van der Waals surface area contributed by atoms with E-state index >= 15 is 0 Å². The molecule has 2 fully saturated rings. The number of thiazole rings is 1. The first kappa shape index (κ1) is 25.0. The van der Waals surface area contributed by atoms with Gasteiger partial charge in [0.25, 0.3) is 10.0 Å². The Bertz CT molecular complexity index is 1350. The maximum absolute atomic E-state index is 14.8. The fraction of sp³-hybridized carbons (Fsp3) is 0.375. The molecule has 2 aromatic carbocycles. The molecule has 2 unspecified atom stereocenters. The quantitative estimate of drug-likeness (QED) is 0.370. The summed E-state index contributed by atoms with van der Waals surface area (Å²) in [6.07, 6.45) is 4.38. The van der Waals surface area contributed by atoms with Crippen LogP contribution in [0.4, 0.5) is 29.1 Å². The summed E-state index contributed by atoms with van der Waals surface area (Å²) in [6, 6.07) is 4.07. The zero-order valence-electron chi connectivity index (χ0n) is 19.1. The number of rotatable bonds is 8. The molecular weight excluding hydrogens is 516 g/mol. The molecule has 2 heterocycles. The van der Waals surface area contributed by atoms with E-state index in [9.17, 15) is 26.0 Å². The van der Waals surface area contributed by atoms with Crippen molar-refractivity contribution in [3.8, 4) is 0 Å². The summed E-state index contributed by atoms with van der Waals surface area (Å²) in [6.45, 7) is 0.863. The Balaban J connectivity index is 1.36. The highest BCUT2D eigenvalue weighted by Crippen LogP contribution is 2.37. The molecule has 0 spiro atoms. The van der Waals surface area contributed by atoms with Gasteiger partial charge < -0.3 is 5.32 Å². The van der Waals surface area contributed by atoms with Gasteiger partial charge in [-0.05, 0) is 49.4 Å². The van der Waals surface area contributed by atoms with Crippen LogP contribution < -0.4 is 10.0 Å². The first-order chi connectivity index (χ1) is 17.2. The van der Waals surface area contributed by atoms with Gasteiger partial charge in [0.1, 0.15) is 23.3 Å². The van der Waals surface area contributed by atoms with Crippen molar-refractivity contribution < 1.29 is 26.0 Å². The molecule has 0 amide bonds. The molecule has 6 nitrogen and oxygen atoms in total. The SMILES string of the molecule is O=S(=O)(Nc1cscn1)c1c(F)cc(NCc2c(F)ccc(F)c2CN2CC3CCCC2C3)cc1F. The van der Waals surface area contributed by atoms with Crippen LogP contribution in [0.5, 0.6) is 0 Å². The normalized spacial score (nSPS) is 20.0. The number of likely N-dealkylation sites (tertiary alicyclic amines) is 1. The van der Waals surface area contributed by atoms with Crippen LogP contribution in [0.15, 0.2) is 40.1 Å². The molecule has 1 aromatic heterocycles. The molecule has 2 N–H and O–H groups in total. The maximum atomic E-state index is 14.8. The number of fused-ring (bicyclic) bond motifs is 2. The zero-order chi connectivity index (χ0) is 25.4. The summed E-state index contributed by atoms with van der Waals surface area (Å²) in [4.78, 5) is 4.78. The lowest BCUT2D eigenvalue weighted by molar-refractivity contribution is 0.233. The molecule has 1 aliphatic carbocycles. The third kappa shape index (κ3) is 5.07. The number of aromatic nitrogens is 1. The van der Waals surface area contributed by atoms with Crippen LogP contribution in [-0.4, -0.2) is 30.9 Å². The van der Waals surface area contributed by atoms with Gasteiger partial charge >= 0.3 is 0 Å². The highest BCUT2D eigenvalue weighted by molar-refractivity contribution is 7.92. The molecule has 1 saturated carbocycles. The summed E-state index contributed by atoms with van der Waals surface area (Å²) in [5.41, 5.74) is 1.54. The van der Waals surface area contributed by atoms with Crippen LogP contribution in [0.2, 0.25) is 0 Å². The Morgan fingerprint density at radius 1 is 1.03 bits per heavy atom. The van der Waals surface area contributed by atoms with Crippen molar-refractivity contribution in [3.63, 3.8) is 0 Å². The number of hydrogen-bond donors (Lipinski definition) is 2. The van der Waals surface area contributed by atoms with Crippen molar-refractivity contribution in [3.05, 3.63) is 69.6 Å². The summed E-state index contributed by atoms with van der Waals surface area (Å²) in [5.74, 6) is -3.31. The Labute approximate surface area is 210 Å². The average Bonchev–Trinajstić information content (AvgIpc) is 3.41. The fourth-order valence-corrected chi connectivity index (χ4v) is 6.88. The van der Waals surface area contributed by atoms with Crippen molar-refractivity contribution >= 4 is 32.9 Å². The lowest BCUT2D eigenvalue weighted by atomic mass is 9.90.